The average molecular weight is 292 g/mol. The van der Waals surface area contributed by atoms with E-state index in [1.54, 1.807) is 31.2 Å². The minimum Gasteiger partial charge on any atom is -0.508 e. The van der Waals surface area contributed by atoms with Gasteiger partial charge in [0.25, 0.3) is 0 Å². The van der Waals surface area contributed by atoms with E-state index >= 15 is 0 Å². The van der Waals surface area contributed by atoms with Crippen molar-refractivity contribution < 1.29 is 14.6 Å². The van der Waals surface area contributed by atoms with Crippen LogP contribution in [0.5, 0.6) is 5.75 Å². The molecule has 1 atom stereocenters. The number of aromatic hydroxyl groups is 1. The van der Waals surface area contributed by atoms with Gasteiger partial charge < -0.3 is 20.5 Å². The van der Waals surface area contributed by atoms with E-state index in [2.05, 4.69) is 10.6 Å². The highest BCUT2D eigenvalue weighted by Crippen LogP contribution is 2.25. The Morgan fingerprint density at radius 3 is 2.90 bits per heavy atom. The maximum Gasteiger partial charge on any atom is 0.338 e. The zero-order chi connectivity index (χ0) is 14.7. The second-order valence-electron chi connectivity index (χ2n) is 4.38. The first kappa shape index (κ1) is 14.3. The number of hydrogen-bond acceptors (Lipinski definition) is 4. The van der Waals surface area contributed by atoms with Crippen LogP contribution in [0.25, 0.3) is 5.70 Å². The summed E-state index contributed by atoms with van der Waals surface area (Å²) in [6.45, 7) is 3.89. The van der Waals surface area contributed by atoms with Crippen molar-refractivity contribution in [3.8, 4) is 5.75 Å². The third kappa shape index (κ3) is 2.91. The molecule has 1 unspecified atom stereocenters. The molecular formula is C14H16N2O3S. The lowest BCUT2D eigenvalue weighted by Gasteiger charge is -2.28. The summed E-state index contributed by atoms with van der Waals surface area (Å²) in [6.07, 6.45) is 0. The molecule has 0 amide bonds. The Labute approximate surface area is 122 Å². The fourth-order valence-electron chi connectivity index (χ4n) is 2.08. The number of carbonyl (C=O) groups is 1. The number of benzene rings is 1. The summed E-state index contributed by atoms with van der Waals surface area (Å²) >= 11 is 5.13. The highest BCUT2D eigenvalue weighted by atomic mass is 32.1. The first-order valence-corrected chi connectivity index (χ1v) is 6.72. The van der Waals surface area contributed by atoms with Crippen LogP contribution >= 0.6 is 12.2 Å². The zero-order valence-electron chi connectivity index (χ0n) is 11.3. The molecule has 1 aromatic rings. The molecule has 0 fully saturated rings. The van der Waals surface area contributed by atoms with Crippen LogP contribution in [0.3, 0.4) is 0 Å². The molecule has 106 valence electrons. The molecule has 6 heteroatoms. The Hall–Kier alpha value is -2.08. The average Bonchev–Trinajstić information content (AvgIpc) is 2.37. The second kappa shape index (κ2) is 5.92. The van der Waals surface area contributed by atoms with Crippen molar-refractivity contribution in [2.24, 2.45) is 0 Å². The number of phenols is 1. The maximum atomic E-state index is 12.1. The number of phenolic OH excluding ortho intramolecular Hbond substituents is 1. The summed E-state index contributed by atoms with van der Waals surface area (Å²) in [7, 11) is 0. The lowest BCUT2D eigenvalue weighted by molar-refractivity contribution is -0.138. The Bertz CT molecular complexity index is 584. The van der Waals surface area contributed by atoms with Gasteiger partial charge in [-0.05, 0) is 38.2 Å². The Balaban J connectivity index is 2.53. The van der Waals surface area contributed by atoms with Crippen LogP contribution in [0, 0.1) is 0 Å². The highest BCUT2D eigenvalue weighted by Gasteiger charge is 2.29. The number of rotatable bonds is 3. The summed E-state index contributed by atoms with van der Waals surface area (Å²) in [5.74, 6) is -0.280. The molecule has 1 aromatic carbocycles. The summed E-state index contributed by atoms with van der Waals surface area (Å²) in [6, 6.07) is 6.37. The normalized spacial score (nSPS) is 18.3. The minimum absolute atomic E-state index is 0.122. The van der Waals surface area contributed by atoms with Crippen molar-refractivity contribution in [2.75, 3.05) is 6.61 Å². The quantitative estimate of drug-likeness (QED) is 0.580. The fourth-order valence-corrected chi connectivity index (χ4v) is 2.36. The number of hydrogen-bond donors (Lipinski definition) is 3. The number of esters is 1. The smallest absolute Gasteiger partial charge is 0.338 e. The van der Waals surface area contributed by atoms with Crippen LogP contribution in [-0.2, 0) is 9.53 Å². The summed E-state index contributed by atoms with van der Waals surface area (Å²) in [4.78, 5) is 12.1. The van der Waals surface area contributed by atoms with Crippen LogP contribution in [0.4, 0.5) is 0 Å². The number of thiocarbonyl (C=S) groups is 1. The molecule has 0 saturated carbocycles. The van der Waals surface area contributed by atoms with E-state index in [9.17, 15) is 9.90 Å². The van der Waals surface area contributed by atoms with E-state index < -0.39 is 5.97 Å². The van der Waals surface area contributed by atoms with E-state index in [-0.39, 0.29) is 11.8 Å². The number of nitrogens with one attached hydrogen (secondary N) is 2. The van der Waals surface area contributed by atoms with Gasteiger partial charge in [-0.2, -0.15) is 0 Å². The molecule has 3 N–H and O–H groups in total. The fraction of sp³-hybridized carbons (Fsp3) is 0.286. The standard InChI is InChI=1S/C14H16N2O3S/c1-3-19-13(18)11-8(2)15-14(20)16-12(11)9-5-4-6-10(17)7-9/h4-8,17H,3H2,1-2H3,(H2,15,16,20). The van der Waals surface area contributed by atoms with Gasteiger partial charge >= 0.3 is 5.97 Å². The van der Waals surface area contributed by atoms with E-state index in [4.69, 9.17) is 17.0 Å². The topological polar surface area (TPSA) is 70.6 Å². The van der Waals surface area contributed by atoms with Crippen molar-refractivity contribution in [3.63, 3.8) is 0 Å². The van der Waals surface area contributed by atoms with E-state index in [0.29, 0.717) is 28.6 Å². The molecule has 1 aliphatic rings. The maximum absolute atomic E-state index is 12.1. The van der Waals surface area contributed by atoms with E-state index in [1.165, 1.54) is 0 Å². The number of carbonyl (C=O) groups excluding carboxylic acids is 1. The minimum atomic E-state index is -0.402. The number of ether oxygens (including phenoxy) is 1. The summed E-state index contributed by atoms with van der Waals surface area (Å²) in [5, 5.41) is 16.0. The van der Waals surface area contributed by atoms with E-state index in [1.807, 2.05) is 6.92 Å². The van der Waals surface area contributed by atoms with Crippen molar-refractivity contribution in [3.05, 3.63) is 35.4 Å². The Morgan fingerprint density at radius 2 is 2.25 bits per heavy atom. The van der Waals surface area contributed by atoms with Crippen LogP contribution in [-0.4, -0.2) is 28.8 Å². The van der Waals surface area contributed by atoms with Crippen molar-refractivity contribution in [1.29, 1.82) is 0 Å². The first-order chi connectivity index (χ1) is 9.52. The van der Waals surface area contributed by atoms with Gasteiger partial charge in [0.15, 0.2) is 5.11 Å². The van der Waals surface area contributed by atoms with Gasteiger partial charge in [-0.25, -0.2) is 4.79 Å². The van der Waals surface area contributed by atoms with Crippen LogP contribution in [0.2, 0.25) is 0 Å². The van der Waals surface area contributed by atoms with Gasteiger partial charge in [-0.15, -0.1) is 0 Å². The third-order valence-corrected chi connectivity index (χ3v) is 3.14. The summed E-state index contributed by atoms with van der Waals surface area (Å²) < 4.78 is 5.09. The van der Waals surface area contributed by atoms with Gasteiger partial charge in [0.1, 0.15) is 5.75 Å². The van der Waals surface area contributed by atoms with Gasteiger partial charge in [-0.1, -0.05) is 12.1 Å². The van der Waals surface area contributed by atoms with Crippen molar-refractivity contribution >= 4 is 29.0 Å². The Morgan fingerprint density at radius 1 is 1.50 bits per heavy atom. The largest absolute Gasteiger partial charge is 0.508 e. The second-order valence-corrected chi connectivity index (χ2v) is 4.79. The van der Waals surface area contributed by atoms with Crippen LogP contribution in [0.1, 0.15) is 19.4 Å². The van der Waals surface area contributed by atoms with Gasteiger partial charge in [0.05, 0.1) is 23.9 Å². The van der Waals surface area contributed by atoms with Gasteiger partial charge in [0, 0.05) is 5.56 Å². The molecule has 1 aliphatic heterocycles. The highest BCUT2D eigenvalue weighted by molar-refractivity contribution is 7.80. The predicted molar refractivity (Wildman–Crippen MR) is 80.0 cm³/mol. The predicted octanol–water partition coefficient (Wildman–Crippen LogP) is 1.53. The molecular weight excluding hydrogens is 276 g/mol. The molecule has 0 saturated heterocycles. The van der Waals surface area contributed by atoms with Gasteiger partial charge in [-0.3, -0.25) is 0 Å². The molecule has 0 spiro atoms. The molecule has 1 heterocycles. The van der Waals surface area contributed by atoms with Crippen molar-refractivity contribution in [2.45, 2.75) is 19.9 Å². The first-order valence-electron chi connectivity index (χ1n) is 6.31. The summed E-state index contributed by atoms with van der Waals surface area (Å²) in [5.41, 5.74) is 1.71. The third-order valence-electron chi connectivity index (χ3n) is 2.92. The molecule has 2 rings (SSSR count). The zero-order valence-corrected chi connectivity index (χ0v) is 12.1. The molecule has 0 aliphatic carbocycles. The van der Waals surface area contributed by atoms with Crippen LogP contribution < -0.4 is 10.6 Å². The van der Waals surface area contributed by atoms with Gasteiger partial charge in [0.2, 0.25) is 0 Å². The Kier molecular flexibility index (Phi) is 4.24. The molecule has 20 heavy (non-hydrogen) atoms. The molecule has 0 radical (unpaired) electrons. The lowest BCUT2D eigenvalue weighted by Crippen LogP contribution is -2.48. The molecule has 5 nitrogen and oxygen atoms in total. The molecule has 0 aromatic heterocycles. The SMILES string of the molecule is CCOC(=O)C1=C(c2cccc(O)c2)NC(=S)NC1C. The van der Waals surface area contributed by atoms with Crippen LogP contribution in [0.15, 0.2) is 29.8 Å². The van der Waals surface area contributed by atoms with Crippen molar-refractivity contribution in [1.82, 2.24) is 10.6 Å². The molecule has 0 bridgehead atoms. The lowest BCUT2D eigenvalue weighted by atomic mass is 9.99. The monoisotopic (exact) mass is 292 g/mol. The van der Waals surface area contributed by atoms with E-state index in [0.717, 1.165) is 0 Å².